The Bertz CT molecular complexity index is 665. The maximum Gasteiger partial charge on any atom is 0.416 e. The second kappa shape index (κ2) is 5.70. The Morgan fingerprint density at radius 2 is 1.67 bits per heavy atom. The molecule has 112 valence electrons. The van der Waals surface area contributed by atoms with Gasteiger partial charge in [-0.1, -0.05) is 29.8 Å². The van der Waals surface area contributed by atoms with Crippen LogP contribution in [0.1, 0.15) is 33.9 Å². The molecule has 1 nitrogen and oxygen atoms in total. The van der Waals surface area contributed by atoms with Crippen LogP contribution in [0.3, 0.4) is 0 Å². The van der Waals surface area contributed by atoms with Crippen LogP contribution in [0.5, 0.6) is 0 Å². The first-order valence-corrected chi connectivity index (χ1v) is 6.77. The average Bonchev–Trinajstić information content (AvgIpc) is 2.40. The smallest absolute Gasteiger partial charge is 0.320 e. The Labute approximate surface area is 126 Å². The number of halogens is 4. The minimum atomic E-state index is -4.34. The number of hydrogen-bond donors (Lipinski definition) is 1. The van der Waals surface area contributed by atoms with Crippen molar-refractivity contribution in [2.24, 2.45) is 5.73 Å². The van der Waals surface area contributed by atoms with Gasteiger partial charge < -0.3 is 5.73 Å². The van der Waals surface area contributed by atoms with E-state index in [1.165, 1.54) is 6.07 Å². The van der Waals surface area contributed by atoms with E-state index < -0.39 is 17.8 Å². The summed E-state index contributed by atoms with van der Waals surface area (Å²) >= 11 is 5.97. The molecule has 0 radical (unpaired) electrons. The normalized spacial score (nSPS) is 13.3. The molecule has 0 aliphatic heterocycles. The molecule has 0 saturated heterocycles. The summed E-state index contributed by atoms with van der Waals surface area (Å²) in [6.07, 6.45) is -4.34. The molecule has 2 aromatic carbocycles. The molecule has 0 heterocycles. The minimum Gasteiger partial charge on any atom is -0.320 e. The third-order valence-corrected chi connectivity index (χ3v) is 3.90. The molecule has 0 aliphatic rings. The van der Waals surface area contributed by atoms with E-state index >= 15 is 0 Å². The maximum absolute atomic E-state index is 12.7. The third-order valence-electron chi connectivity index (χ3n) is 3.47. The quantitative estimate of drug-likeness (QED) is 0.827. The maximum atomic E-state index is 12.7. The van der Waals surface area contributed by atoms with E-state index in [9.17, 15) is 13.2 Å². The molecule has 1 atom stereocenters. The summed E-state index contributed by atoms with van der Waals surface area (Å²) in [7, 11) is 0. The number of alkyl halides is 3. The van der Waals surface area contributed by atoms with Gasteiger partial charge in [0.15, 0.2) is 0 Å². The Morgan fingerprint density at radius 1 is 1.00 bits per heavy atom. The van der Waals surface area contributed by atoms with Crippen molar-refractivity contribution in [2.45, 2.75) is 26.1 Å². The molecule has 0 saturated carbocycles. The molecule has 5 heteroatoms. The summed E-state index contributed by atoms with van der Waals surface area (Å²) in [6, 6.07) is 8.52. The van der Waals surface area contributed by atoms with Crippen LogP contribution in [0.15, 0.2) is 36.4 Å². The molecule has 0 aromatic heterocycles. The highest BCUT2D eigenvalue weighted by Gasteiger charge is 2.31. The number of aryl methyl sites for hydroxylation is 2. The van der Waals surface area contributed by atoms with Gasteiger partial charge in [-0.2, -0.15) is 13.2 Å². The summed E-state index contributed by atoms with van der Waals surface area (Å²) in [5.41, 5.74) is 8.40. The van der Waals surface area contributed by atoms with Crippen molar-refractivity contribution in [1.82, 2.24) is 0 Å². The lowest BCUT2D eigenvalue weighted by molar-refractivity contribution is -0.137. The van der Waals surface area contributed by atoms with E-state index in [1.54, 1.807) is 19.1 Å². The minimum absolute atomic E-state index is 0.483. The van der Waals surface area contributed by atoms with E-state index in [-0.39, 0.29) is 0 Å². The lowest BCUT2D eigenvalue weighted by Crippen LogP contribution is -2.14. The SMILES string of the molecule is Cc1cc(C(N)c2ccc(C(F)(F)F)cc2C)ccc1Cl. The number of hydrogen-bond acceptors (Lipinski definition) is 1. The van der Waals surface area contributed by atoms with Gasteiger partial charge in [0.05, 0.1) is 11.6 Å². The van der Waals surface area contributed by atoms with Gasteiger partial charge in [0.2, 0.25) is 0 Å². The average molecular weight is 314 g/mol. The molecule has 2 aromatic rings. The first kappa shape index (κ1) is 15.9. The van der Waals surface area contributed by atoms with Crippen molar-refractivity contribution in [1.29, 1.82) is 0 Å². The topological polar surface area (TPSA) is 26.0 Å². The van der Waals surface area contributed by atoms with Crippen LogP contribution < -0.4 is 5.73 Å². The monoisotopic (exact) mass is 313 g/mol. The molecule has 2 rings (SSSR count). The molecular weight excluding hydrogens is 299 g/mol. The number of nitrogens with two attached hydrogens (primary N) is 1. The lowest BCUT2D eigenvalue weighted by atomic mass is 9.93. The van der Waals surface area contributed by atoms with Crippen LogP contribution in [0.25, 0.3) is 0 Å². The van der Waals surface area contributed by atoms with Gasteiger partial charge in [0, 0.05) is 5.02 Å². The second-order valence-electron chi connectivity index (χ2n) is 5.06. The van der Waals surface area contributed by atoms with Crippen LogP contribution in [0, 0.1) is 13.8 Å². The Morgan fingerprint density at radius 3 is 2.19 bits per heavy atom. The first-order chi connectivity index (χ1) is 9.70. The number of benzene rings is 2. The zero-order chi connectivity index (χ0) is 15.8. The van der Waals surface area contributed by atoms with Crippen molar-refractivity contribution in [2.75, 3.05) is 0 Å². The zero-order valence-corrected chi connectivity index (χ0v) is 12.4. The van der Waals surface area contributed by atoms with Gasteiger partial charge in [0.1, 0.15) is 0 Å². The highest BCUT2D eigenvalue weighted by atomic mass is 35.5. The Kier molecular flexibility index (Phi) is 4.30. The van der Waals surface area contributed by atoms with Gasteiger partial charge in [-0.05, 0) is 54.3 Å². The van der Waals surface area contributed by atoms with Crippen molar-refractivity contribution >= 4 is 11.6 Å². The summed E-state index contributed by atoms with van der Waals surface area (Å²) < 4.78 is 38.0. The van der Waals surface area contributed by atoms with Crippen molar-refractivity contribution < 1.29 is 13.2 Å². The number of rotatable bonds is 2. The highest BCUT2D eigenvalue weighted by molar-refractivity contribution is 6.31. The van der Waals surface area contributed by atoms with Gasteiger partial charge in [-0.3, -0.25) is 0 Å². The molecule has 0 bridgehead atoms. The van der Waals surface area contributed by atoms with E-state index in [0.29, 0.717) is 16.1 Å². The fourth-order valence-corrected chi connectivity index (χ4v) is 2.36. The van der Waals surface area contributed by atoms with Gasteiger partial charge >= 0.3 is 6.18 Å². The molecule has 0 amide bonds. The van der Waals surface area contributed by atoms with Gasteiger partial charge in [0.25, 0.3) is 0 Å². The van der Waals surface area contributed by atoms with Gasteiger partial charge in [-0.15, -0.1) is 0 Å². The van der Waals surface area contributed by atoms with Crippen LogP contribution in [0.4, 0.5) is 13.2 Å². The van der Waals surface area contributed by atoms with Crippen LogP contribution in [-0.4, -0.2) is 0 Å². The van der Waals surface area contributed by atoms with Crippen LogP contribution >= 0.6 is 11.6 Å². The summed E-state index contributed by atoms with van der Waals surface area (Å²) in [5, 5.41) is 0.634. The van der Waals surface area contributed by atoms with Crippen LogP contribution in [0.2, 0.25) is 5.02 Å². The van der Waals surface area contributed by atoms with E-state index in [4.69, 9.17) is 17.3 Å². The molecule has 0 aliphatic carbocycles. The van der Waals surface area contributed by atoms with E-state index in [1.807, 2.05) is 13.0 Å². The third kappa shape index (κ3) is 3.39. The fourth-order valence-electron chi connectivity index (χ4n) is 2.24. The summed E-state index contributed by atoms with van der Waals surface area (Å²) in [6.45, 7) is 3.49. The van der Waals surface area contributed by atoms with Crippen molar-refractivity contribution in [3.8, 4) is 0 Å². The largest absolute Gasteiger partial charge is 0.416 e. The fraction of sp³-hybridized carbons (Fsp3) is 0.250. The Hall–Kier alpha value is -1.52. The molecule has 0 spiro atoms. The first-order valence-electron chi connectivity index (χ1n) is 6.39. The van der Waals surface area contributed by atoms with E-state index in [2.05, 4.69) is 0 Å². The summed E-state index contributed by atoms with van der Waals surface area (Å²) in [5.74, 6) is 0. The van der Waals surface area contributed by atoms with Crippen molar-refractivity contribution in [3.05, 3.63) is 69.2 Å². The predicted molar refractivity (Wildman–Crippen MR) is 78.4 cm³/mol. The Balaban J connectivity index is 2.39. The standard InChI is InChI=1S/C16H15ClF3N/c1-9-8-12(16(18,19)20)4-5-13(9)15(21)11-3-6-14(17)10(2)7-11/h3-8,15H,21H2,1-2H3. The van der Waals surface area contributed by atoms with E-state index in [0.717, 1.165) is 23.3 Å². The molecule has 1 unspecified atom stereocenters. The zero-order valence-electron chi connectivity index (χ0n) is 11.6. The highest BCUT2D eigenvalue weighted by Crippen LogP contribution is 2.33. The lowest BCUT2D eigenvalue weighted by Gasteiger charge is -2.18. The van der Waals surface area contributed by atoms with Gasteiger partial charge in [-0.25, -0.2) is 0 Å². The van der Waals surface area contributed by atoms with Crippen LogP contribution in [-0.2, 0) is 6.18 Å². The second-order valence-corrected chi connectivity index (χ2v) is 5.46. The molecule has 21 heavy (non-hydrogen) atoms. The molecular formula is C16H15ClF3N. The summed E-state index contributed by atoms with van der Waals surface area (Å²) in [4.78, 5) is 0. The molecule has 2 N–H and O–H groups in total. The predicted octanol–water partition coefficient (Wildman–Crippen LogP) is 5.02. The molecule has 0 fully saturated rings. The van der Waals surface area contributed by atoms with Crippen molar-refractivity contribution in [3.63, 3.8) is 0 Å².